The number of rotatable bonds is 8. The van der Waals surface area contributed by atoms with Gasteiger partial charge in [0.2, 0.25) is 10.0 Å². The number of thiocarbonyl (C=S) groups is 1. The quantitative estimate of drug-likeness (QED) is 0.502. The number of hydrogen-bond donors (Lipinski definition) is 2. The van der Waals surface area contributed by atoms with Crippen LogP contribution in [-0.2, 0) is 10.0 Å². The number of nitrogens with one attached hydrogen (secondary N) is 1. The Morgan fingerprint density at radius 3 is 2.60 bits per heavy atom. The second kappa shape index (κ2) is 7.43. The van der Waals surface area contributed by atoms with E-state index in [-0.39, 0.29) is 4.99 Å². The highest BCUT2D eigenvalue weighted by Crippen LogP contribution is 2.05. The summed E-state index contributed by atoms with van der Waals surface area (Å²) in [6.07, 6.45) is 3.21. The molecule has 4 nitrogen and oxygen atoms in total. The van der Waals surface area contributed by atoms with Gasteiger partial charge < -0.3 is 5.73 Å². The summed E-state index contributed by atoms with van der Waals surface area (Å²) in [5, 5.41) is -0.748. The molecule has 0 saturated carbocycles. The Morgan fingerprint density at radius 2 is 2.20 bits per heavy atom. The van der Waals surface area contributed by atoms with Gasteiger partial charge in [0, 0.05) is 6.54 Å². The molecule has 0 aromatic carbocycles. The van der Waals surface area contributed by atoms with Crippen LogP contribution < -0.4 is 10.5 Å². The highest BCUT2D eigenvalue weighted by molar-refractivity contribution is 7.98. The van der Waals surface area contributed by atoms with E-state index < -0.39 is 15.3 Å². The van der Waals surface area contributed by atoms with Gasteiger partial charge in [-0.15, -0.1) is 0 Å². The van der Waals surface area contributed by atoms with Crippen LogP contribution in [0.2, 0.25) is 0 Å². The molecule has 7 heteroatoms. The van der Waals surface area contributed by atoms with Crippen LogP contribution in [0.4, 0.5) is 0 Å². The molecule has 0 spiro atoms. The fourth-order valence-corrected chi connectivity index (χ4v) is 3.46. The number of thioether (sulfide) groups is 1. The van der Waals surface area contributed by atoms with Crippen molar-refractivity contribution in [2.24, 2.45) is 5.73 Å². The predicted molar refractivity (Wildman–Crippen MR) is 70.8 cm³/mol. The van der Waals surface area contributed by atoms with Crippen molar-refractivity contribution in [3.63, 3.8) is 0 Å². The third-order valence-corrected chi connectivity index (χ3v) is 4.96. The van der Waals surface area contributed by atoms with Crippen LogP contribution in [-0.4, -0.2) is 37.2 Å². The van der Waals surface area contributed by atoms with Crippen molar-refractivity contribution < 1.29 is 8.42 Å². The van der Waals surface area contributed by atoms with Gasteiger partial charge in [0.1, 0.15) is 5.25 Å². The van der Waals surface area contributed by atoms with Gasteiger partial charge >= 0.3 is 0 Å². The SMILES string of the molecule is CCC(C(N)=S)S(=O)(=O)NCCCSC. The fraction of sp³-hybridized carbons (Fsp3) is 0.875. The molecule has 0 aliphatic rings. The third kappa shape index (κ3) is 5.70. The molecule has 0 aliphatic heterocycles. The van der Waals surface area contributed by atoms with Crippen molar-refractivity contribution >= 4 is 39.0 Å². The minimum absolute atomic E-state index is 0.0369. The molecule has 0 aliphatic carbocycles. The van der Waals surface area contributed by atoms with E-state index in [0.29, 0.717) is 13.0 Å². The summed E-state index contributed by atoms with van der Waals surface area (Å²) in [6, 6.07) is 0. The zero-order chi connectivity index (χ0) is 11.9. The summed E-state index contributed by atoms with van der Waals surface area (Å²) >= 11 is 6.41. The fourth-order valence-electron chi connectivity index (χ4n) is 1.11. The van der Waals surface area contributed by atoms with E-state index in [1.54, 1.807) is 18.7 Å². The Kier molecular flexibility index (Phi) is 7.50. The van der Waals surface area contributed by atoms with E-state index in [4.69, 9.17) is 18.0 Å². The Labute approximate surface area is 101 Å². The molecule has 1 unspecified atom stereocenters. The first-order valence-corrected chi connectivity index (χ1v) is 8.07. The van der Waals surface area contributed by atoms with Crippen molar-refractivity contribution in [2.75, 3.05) is 18.6 Å². The molecule has 0 amide bonds. The number of hydrogen-bond acceptors (Lipinski definition) is 4. The molecule has 0 fully saturated rings. The second-order valence-corrected chi connectivity index (χ2v) is 6.49. The summed E-state index contributed by atoms with van der Waals surface area (Å²) in [5.74, 6) is 0.937. The molecule has 0 heterocycles. The van der Waals surface area contributed by atoms with E-state index in [0.717, 1.165) is 12.2 Å². The van der Waals surface area contributed by atoms with E-state index in [9.17, 15) is 8.42 Å². The van der Waals surface area contributed by atoms with E-state index >= 15 is 0 Å². The Bertz CT molecular complexity index is 290. The Balaban J connectivity index is 4.21. The van der Waals surface area contributed by atoms with Gasteiger partial charge in [0.15, 0.2) is 0 Å². The van der Waals surface area contributed by atoms with Gasteiger partial charge in [-0.1, -0.05) is 19.1 Å². The summed E-state index contributed by atoms with van der Waals surface area (Å²) in [7, 11) is -3.38. The molecule has 0 aromatic rings. The van der Waals surface area contributed by atoms with Gasteiger partial charge in [0.05, 0.1) is 4.99 Å². The van der Waals surface area contributed by atoms with Gasteiger partial charge in [-0.2, -0.15) is 11.8 Å². The van der Waals surface area contributed by atoms with E-state index in [2.05, 4.69) is 4.72 Å². The standard InChI is InChI=1S/C8H18N2O2S3/c1-3-7(8(9)13)15(11,12)10-5-4-6-14-2/h7,10H,3-6H2,1-2H3,(H2,9,13). The third-order valence-electron chi connectivity index (χ3n) is 1.89. The lowest BCUT2D eigenvalue weighted by atomic mass is 10.3. The maximum Gasteiger partial charge on any atom is 0.220 e. The molecule has 0 aromatic heterocycles. The molecule has 15 heavy (non-hydrogen) atoms. The molecule has 0 radical (unpaired) electrons. The molecular weight excluding hydrogens is 252 g/mol. The van der Waals surface area contributed by atoms with Gasteiger partial charge in [-0.05, 0) is 24.9 Å². The minimum Gasteiger partial charge on any atom is -0.392 e. The lowest BCUT2D eigenvalue weighted by Crippen LogP contribution is -2.42. The van der Waals surface area contributed by atoms with Crippen LogP contribution in [0, 0.1) is 0 Å². The first kappa shape index (κ1) is 15.2. The highest BCUT2D eigenvalue weighted by atomic mass is 32.2. The molecule has 3 N–H and O–H groups in total. The van der Waals surface area contributed by atoms with E-state index in [1.807, 2.05) is 6.26 Å². The highest BCUT2D eigenvalue weighted by Gasteiger charge is 2.25. The molecule has 0 bridgehead atoms. The van der Waals surface area contributed by atoms with E-state index in [1.165, 1.54) is 0 Å². The summed E-state index contributed by atoms with van der Waals surface area (Å²) < 4.78 is 25.9. The van der Waals surface area contributed by atoms with Crippen molar-refractivity contribution in [2.45, 2.75) is 25.0 Å². The van der Waals surface area contributed by atoms with Crippen LogP contribution >= 0.6 is 24.0 Å². The van der Waals surface area contributed by atoms with Gasteiger partial charge in [-0.25, -0.2) is 13.1 Å². The van der Waals surface area contributed by atoms with Crippen molar-refractivity contribution in [3.8, 4) is 0 Å². The van der Waals surface area contributed by atoms with Crippen LogP contribution in [0.1, 0.15) is 19.8 Å². The topological polar surface area (TPSA) is 72.2 Å². The molecular formula is C8H18N2O2S3. The van der Waals surface area contributed by atoms with Crippen LogP contribution in [0.15, 0.2) is 0 Å². The van der Waals surface area contributed by atoms with Gasteiger partial charge in [0.25, 0.3) is 0 Å². The minimum atomic E-state index is -3.38. The van der Waals surface area contributed by atoms with Gasteiger partial charge in [-0.3, -0.25) is 0 Å². The maximum absolute atomic E-state index is 11.7. The van der Waals surface area contributed by atoms with Crippen LogP contribution in [0.5, 0.6) is 0 Å². The van der Waals surface area contributed by atoms with Crippen molar-refractivity contribution in [3.05, 3.63) is 0 Å². The zero-order valence-corrected chi connectivity index (χ0v) is 11.5. The summed E-state index contributed by atoms with van der Waals surface area (Å²) in [5.41, 5.74) is 5.37. The number of nitrogens with two attached hydrogens (primary N) is 1. The Hall–Kier alpha value is 0.150. The first-order valence-electron chi connectivity index (χ1n) is 4.72. The van der Waals surface area contributed by atoms with Crippen molar-refractivity contribution in [1.29, 1.82) is 0 Å². The molecule has 0 saturated heterocycles. The monoisotopic (exact) mass is 270 g/mol. The lowest BCUT2D eigenvalue weighted by Gasteiger charge is -2.14. The smallest absolute Gasteiger partial charge is 0.220 e. The average Bonchev–Trinajstić information content (AvgIpc) is 2.12. The van der Waals surface area contributed by atoms with Crippen molar-refractivity contribution in [1.82, 2.24) is 4.72 Å². The normalized spacial score (nSPS) is 13.7. The number of sulfonamides is 1. The summed E-state index contributed by atoms with van der Waals surface area (Å²) in [6.45, 7) is 2.20. The molecule has 90 valence electrons. The largest absolute Gasteiger partial charge is 0.392 e. The Morgan fingerprint density at radius 1 is 1.60 bits per heavy atom. The summed E-state index contributed by atoms with van der Waals surface area (Å²) in [4.78, 5) is 0.0369. The molecule has 0 rings (SSSR count). The first-order chi connectivity index (χ1) is 6.95. The lowest BCUT2D eigenvalue weighted by molar-refractivity contribution is 0.574. The maximum atomic E-state index is 11.7. The van der Waals surface area contributed by atoms with Crippen LogP contribution in [0.3, 0.4) is 0 Å². The van der Waals surface area contributed by atoms with Crippen LogP contribution in [0.25, 0.3) is 0 Å². The average molecular weight is 270 g/mol. The zero-order valence-electron chi connectivity index (χ0n) is 9.02. The predicted octanol–water partition coefficient (Wildman–Crippen LogP) is 0.724. The molecule has 1 atom stereocenters. The second-order valence-electron chi connectivity index (χ2n) is 3.08.